The second kappa shape index (κ2) is 20.8. The highest BCUT2D eigenvalue weighted by atomic mass is 35.5. The van der Waals surface area contributed by atoms with Gasteiger partial charge in [-0.1, -0.05) is 29.3 Å². The molecule has 4 aliphatic heterocycles. The van der Waals surface area contributed by atoms with Crippen LogP contribution in [0.1, 0.15) is 81.1 Å². The molecular formula is C53H64ClN9O7S. The summed E-state index contributed by atoms with van der Waals surface area (Å²) in [5.74, 6) is -0.197. The summed E-state index contributed by atoms with van der Waals surface area (Å²) in [5, 5.41) is 17.0. The lowest BCUT2D eigenvalue weighted by Crippen LogP contribution is -2.48. The molecule has 376 valence electrons. The third kappa shape index (κ3) is 10.8. The number of hydrogen-bond donors (Lipinski definition) is 3. The summed E-state index contributed by atoms with van der Waals surface area (Å²) in [7, 11) is -4.58. The smallest absolute Gasteiger partial charge is 0.293 e. The molecule has 0 radical (unpaired) electrons. The van der Waals surface area contributed by atoms with Crippen molar-refractivity contribution in [2.24, 2.45) is 11.3 Å². The van der Waals surface area contributed by atoms with Gasteiger partial charge in [0.25, 0.3) is 21.6 Å². The van der Waals surface area contributed by atoms with Crippen LogP contribution in [-0.4, -0.2) is 124 Å². The number of hydrogen-bond acceptors (Lipinski definition) is 13. The molecule has 3 aromatic carbocycles. The Balaban J connectivity index is 0.910. The number of piperazine rings is 1. The van der Waals surface area contributed by atoms with E-state index in [0.717, 1.165) is 93.7 Å². The van der Waals surface area contributed by atoms with Crippen molar-refractivity contribution in [3.05, 3.63) is 111 Å². The number of H-pyrrole nitrogens is 1. The minimum Gasteiger partial charge on any atom is -0.476 e. The molecule has 18 heteroatoms. The number of benzene rings is 3. The molecule has 5 aliphatic rings. The van der Waals surface area contributed by atoms with Gasteiger partial charge in [-0.2, -0.15) is 4.98 Å². The molecular weight excluding hydrogens is 942 g/mol. The Labute approximate surface area is 420 Å². The predicted octanol–water partition coefficient (Wildman–Crippen LogP) is 9.25. The summed E-state index contributed by atoms with van der Waals surface area (Å²) in [6.45, 7) is 13.6. The van der Waals surface area contributed by atoms with Crippen LogP contribution in [0, 0.1) is 21.4 Å². The monoisotopic (exact) mass is 1010 g/mol. The molecule has 10 rings (SSSR count). The Morgan fingerprint density at radius 3 is 2.45 bits per heavy atom. The van der Waals surface area contributed by atoms with Crippen molar-refractivity contribution in [3.8, 4) is 5.88 Å². The number of nitro benzene ring substituents is 1. The van der Waals surface area contributed by atoms with Crippen LogP contribution < -0.4 is 24.6 Å². The summed E-state index contributed by atoms with van der Waals surface area (Å²) in [6.07, 6.45) is 9.91. The van der Waals surface area contributed by atoms with E-state index in [1.54, 1.807) is 6.07 Å². The van der Waals surface area contributed by atoms with Crippen LogP contribution in [0.25, 0.3) is 16.6 Å². The van der Waals surface area contributed by atoms with Crippen molar-refractivity contribution in [2.75, 3.05) is 93.8 Å². The molecule has 16 nitrogen and oxygen atoms in total. The number of aromatic amines is 1. The molecule has 1 aliphatic carbocycles. The molecule has 1 spiro atoms. The number of carbonyl (C=O) groups is 1. The lowest BCUT2D eigenvalue weighted by atomic mass is 9.65. The Kier molecular flexibility index (Phi) is 14.3. The maximum Gasteiger partial charge on any atom is 0.293 e. The average molecular weight is 1010 g/mol. The Morgan fingerprint density at radius 1 is 0.930 bits per heavy atom. The predicted molar refractivity (Wildman–Crippen MR) is 279 cm³/mol. The number of pyridine rings is 1. The zero-order valence-electron chi connectivity index (χ0n) is 40.6. The summed E-state index contributed by atoms with van der Waals surface area (Å²) < 4.78 is 41.9. The van der Waals surface area contributed by atoms with E-state index in [9.17, 15) is 23.3 Å². The average Bonchev–Trinajstić information content (AvgIpc) is 3.74. The van der Waals surface area contributed by atoms with Gasteiger partial charge in [0, 0.05) is 93.4 Å². The van der Waals surface area contributed by atoms with Gasteiger partial charge in [-0.05, 0) is 155 Å². The number of likely N-dealkylation sites (tertiary alicyclic amines) is 1. The molecule has 1 amide bonds. The van der Waals surface area contributed by atoms with Crippen LogP contribution in [0.15, 0.2) is 89.5 Å². The van der Waals surface area contributed by atoms with Crippen molar-refractivity contribution in [1.29, 1.82) is 0 Å². The molecule has 0 saturated carbocycles. The summed E-state index contributed by atoms with van der Waals surface area (Å²) in [4.78, 5) is 43.2. The number of anilines is 4. The number of aromatic nitrogens is 2. The largest absolute Gasteiger partial charge is 0.476 e. The van der Waals surface area contributed by atoms with Crippen LogP contribution in [0.3, 0.4) is 0 Å². The lowest BCUT2D eigenvalue weighted by Gasteiger charge is -2.47. The minimum absolute atomic E-state index is 0.120. The first-order chi connectivity index (χ1) is 34.3. The maximum atomic E-state index is 14.5. The number of allylic oxidation sites excluding steroid dienone is 1. The fourth-order valence-corrected chi connectivity index (χ4v) is 12.4. The van der Waals surface area contributed by atoms with Crippen molar-refractivity contribution >= 4 is 72.6 Å². The number of ether oxygens (including phenoxy) is 2. The zero-order valence-corrected chi connectivity index (χ0v) is 42.2. The standard InChI is InChI=1S/C53H64ClN9O7S/c1-36(2)60-21-17-53(18-22-60)16-12-44(38-4-6-41(54)7-5-38)40(33-53)35-59-23-25-61(26-24-59)42-8-10-45(47(31-42)62-20-3-27-70-52-49(62)30-39-13-19-55-50(39)57-52)51(64)58-71(67,68)43-9-11-46(48(32-43)63(65)66)56-34-37-14-28-69-29-15-37/h4-11,13,19,30-32,36-37,56H,3,12,14-18,20-29,33-35H2,1-2H3,(H,55,57)(H,58,64). The van der Waals surface area contributed by atoms with Gasteiger partial charge in [0.05, 0.1) is 27.7 Å². The quantitative estimate of drug-likeness (QED) is 0.0752. The van der Waals surface area contributed by atoms with Gasteiger partial charge < -0.3 is 34.5 Å². The zero-order chi connectivity index (χ0) is 49.3. The third-order valence-electron chi connectivity index (χ3n) is 15.5. The molecule has 3 N–H and O–H groups in total. The highest BCUT2D eigenvalue weighted by molar-refractivity contribution is 7.90. The Morgan fingerprint density at radius 2 is 1.70 bits per heavy atom. The van der Waals surface area contributed by atoms with Crippen molar-refractivity contribution in [3.63, 3.8) is 0 Å². The van der Waals surface area contributed by atoms with Gasteiger partial charge in [-0.3, -0.25) is 19.8 Å². The normalized spacial score (nSPS) is 19.4. The first-order valence-electron chi connectivity index (χ1n) is 25.2. The summed E-state index contributed by atoms with van der Waals surface area (Å²) in [5.41, 5.74) is 7.23. The maximum absolute atomic E-state index is 14.5. The molecule has 3 fully saturated rings. The van der Waals surface area contributed by atoms with E-state index in [2.05, 4.69) is 55.7 Å². The van der Waals surface area contributed by atoms with Gasteiger partial charge in [0.15, 0.2) is 0 Å². The van der Waals surface area contributed by atoms with E-state index in [1.807, 2.05) is 47.5 Å². The molecule has 3 saturated heterocycles. The number of fused-ring (bicyclic) bond motifs is 2. The van der Waals surface area contributed by atoms with Crippen molar-refractivity contribution in [2.45, 2.75) is 76.2 Å². The second-order valence-electron chi connectivity index (χ2n) is 20.2. The number of nitrogens with zero attached hydrogens (tertiary/aromatic N) is 6. The number of halogens is 1. The van der Waals surface area contributed by atoms with E-state index in [0.29, 0.717) is 73.7 Å². The van der Waals surface area contributed by atoms with E-state index in [4.69, 9.17) is 26.1 Å². The van der Waals surface area contributed by atoms with Crippen LogP contribution >= 0.6 is 11.6 Å². The number of sulfonamides is 1. The van der Waals surface area contributed by atoms with Gasteiger partial charge in [0.2, 0.25) is 5.88 Å². The second-order valence-corrected chi connectivity index (χ2v) is 22.4. The highest BCUT2D eigenvalue weighted by Crippen LogP contribution is 2.50. The van der Waals surface area contributed by atoms with Gasteiger partial charge in [0.1, 0.15) is 17.0 Å². The van der Waals surface area contributed by atoms with Crippen LogP contribution in [0.5, 0.6) is 5.88 Å². The van der Waals surface area contributed by atoms with Crippen LogP contribution in [0.2, 0.25) is 5.02 Å². The number of carbonyl (C=O) groups excluding carboxylic acids is 1. The molecule has 0 bridgehead atoms. The molecule has 71 heavy (non-hydrogen) atoms. The topological polar surface area (TPSA) is 179 Å². The SMILES string of the molecule is CC(C)N1CCC2(CCC(c3ccc(Cl)cc3)=C(CN3CCN(c4ccc(C(=O)NS(=O)(=O)c5ccc(NCC6CCOCC6)c([N+](=O)[O-])c5)c(N5CCCOc6nc7[nH]ccc7cc65)c4)CC3)C2)CC1. The molecule has 6 heterocycles. The summed E-state index contributed by atoms with van der Waals surface area (Å²) in [6, 6.07) is 22.0. The van der Waals surface area contributed by atoms with E-state index in [-0.39, 0.29) is 17.2 Å². The van der Waals surface area contributed by atoms with E-state index in [1.165, 1.54) is 48.1 Å². The van der Waals surface area contributed by atoms with E-state index < -0.39 is 31.4 Å². The van der Waals surface area contributed by atoms with Crippen LogP contribution in [0.4, 0.5) is 28.4 Å². The highest BCUT2D eigenvalue weighted by Gasteiger charge is 2.40. The van der Waals surface area contributed by atoms with Crippen molar-refractivity contribution in [1.82, 2.24) is 24.5 Å². The number of rotatable bonds is 13. The minimum atomic E-state index is -4.58. The van der Waals surface area contributed by atoms with Gasteiger partial charge >= 0.3 is 0 Å². The fraction of sp³-hybridized carbons (Fsp3) is 0.472. The first kappa shape index (κ1) is 48.9. The van der Waals surface area contributed by atoms with Gasteiger partial charge in [-0.25, -0.2) is 13.1 Å². The third-order valence-corrected chi connectivity index (χ3v) is 17.1. The fourth-order valence-electron chi connectivity index (χ4n) is 11.3. The lowest BCUT2D eigenvalue weighted by molar-refractivity contribution is -0.384. The molecule has 2 aromatic heterocycles. The number of nitrogens with one attached hydrogen (secondary N) is 3. The summed E-state index contributed by atoms with van der Waals surface area (Å²) >= 11 is 6.37. The van der Waals surface area contributed by atoms with Crippen molar-refractivity contribution < 1.29 is 27.6 Å². The number of piperidine rings is 1. The molecule has 0 unspecified atom stereocenters. The van der Waals surface area contributed by atoms with Crippen LogP contribution in [-0.2, 0) is 14.8 Å². The number of amides is 1. The molecule has 5 aromatic rings. The van der Waals surface area contributed by atoms with E-state index >= 15 is 0 Å². The Hall–Kier alpha value is -5.72. The molecule has 0 atom stereocenters. The van der Waals surface area contributed by atoms with Gasteiger partial charge in [-0.15, -0.1) is 0 Å². The number of nitro groups is 1. The Bertz CT molecular complexity index is 2900. The first-order valence-corrected chi connectivity index (χ1v) is 27.1.